The zero-order valence-electron chi connectivity index (χ0n) is 12.2. The number of hydrogen-bond acceptors (Lipinski definition) is 3. The topological polar surface area (TPSA) is 63.6 Å². The maximum absolute atomic E-state index is 12.1. The Morgan fingerprint density at radius 3 is 2.65 bits per heavy atom. The molecule has 0 aliphatic rings. The van der Waals surface area contributed by atoms with Crippen LogP contribution in [0.15, 0.2) is 48.5 Å². The van der Waals surface area contributed by atoms with Gasteiger partial charge in [-0.3, -0.25) is 0 Å². The van der Waals surface area contributed by atoms with Crippen molar-refractivity contribution < 1.29 is 19.4 Å². The molecular formula is C17H13AsClO4. The standard InChI is InChI=1S/C17H13AsClO4/c1-23-15-10-11(6-8-14(15)19)7-9-16(20)18-13-5-3-2-4-12(13)17(21)22/h2-10H,1H3,(H,21,22). The van der Waals surface area contributed by atoms with E-state index in [1.807, 2.05) is 0 Å². The molecule has 4 nitrogen and oxygen atoms in total. The summed E-state index contributed by atoms with van der Waals surface area (Å²) in [7, 11) is 1.52. The Bertz CT molecular complexity index is 771. The number of benzene rings is 2. The van der Waals surface area contributed by atoms with Gasteiger partial charge < -0.3 is 0 Å². The number of carbonyl (C=O) groups excluding carboxylic acids is 1. The molecular weight excluding hydrogens is 379 g/mol. The molecule has 0 amide bonds. The number of hydrogen-bond donors (Lipinski definition) is 1. The molecule has 117 valence electrons. The summed E-state index contributed by atoms with van der Waals surface area (Å²) < 4.78 is 5.61. The SMILES string of the molecule is COc1cc(C=CC(=O)[As]c2ccccc2C(=O)O)ccc1Cl. The fourth-order valence-electron chi connectivity index (χ4n) is 1.86. The van der Waals surface area contributed by atoms with Crippen LogP contribution >= 0.6 is 11.6 Å². The second-order valence-corrected chi connectivity index (χ2v) is 7.31. The molecule has 2 aromatic carbocycles. The first-order valence-electron chi connectivity index (χ1n) is 6.61. The zero-order chi connectivity index (χ0) is 16.8. The van der Waals surface area contributed by atoms with Gasteiger partial charge in [0.2, 0.25) is 0 Å². The van der Waals surface area contributed by atoms with Gasteiger partial charge in [-0.15, -0.1) is 0 Å². The van der Waals surface area contributed by atoms with Gasteiger partial charge in [-0.2, -0.15) is 0 Å². The second-order valence-electron chi connectivity index (χ2n) is 4.50. The van der Waals surface area contributed by atoms with Gasteiger partial charge in [-0.25, -0.2) is 0 Å². The van der Waals surface area contributed by atoms with E-state index in [9.17, 15) is 9.59 Å². The van der Waals surface area contributed by atoms with Crippen molar-refractivity contribution in [2.24, 2.45) is 0 Å². The first kappa shape index (κ1) is 17.3. The van der Waals surface area contributed by atoms with Gasteiger partial charge in [-0.1, -0.05) is 0 Å². The number of allylic oxidation sites excluding steroid dienone is 1. The summed E-state index contributed by atoms with van der Waals surface area (Å²) in [6.07, 6.45) is 3.13. The number of aromatic carboxylic acids is 1. The molecule has 0 atom stereocenters. The number of methoxy groups -OCH3 is 1. The van der Waals surface area contributed by atoms with Gasteiger partial charge in [0.05, 0.1) is 0 Å². The number of halogens is 1. The fraction of sp³-hybridized carbons (Fsp3) is 0.0588. The van der Waals surface area contributed by atoms with Crippen LogP contribution in [0.2, 0.25) is 5.02 Å². The third-order valence-electron chi connectivity index (χ3n) is 2.96. The molecule has 0 heterocycles. The van der Waals surface area contributed by atoms with Gasteiger partial charge in [0, 0.05) is 0 Å². The van der Waals surface area contributed by atoms with Crippen LogP contribution in [0, 0.1) is 0 Å². The molecule has 0 unspecified atom stereocenters. The van der Waals surface area contributed by atoms with E-state index < -0.39 is 21.7 Å². The van der Waals surface area contributed by atoms with Gasteiger partial charge in [0.15, 0.2) is 0 Å². The van der Waals surface area contributed by atoms with Crippen LogP contribution in [0.3, 0.4) is 0 Å². The van der Waals surface area contributed by atoms with Crippen molar-refractivity contribution in [2.75, 3.05) is 7.11 Å². The quantitative estimate of drug-likeness (QED) is 0.607. The van der Waals surface area contributed by atoms with E-state index in [1.165, 1.54) is 19.3 Å². The number of carbonyl (C=O) groups is 2. The van der Waals surface area contributed by atoms with Crippen molar-refractivity contribution in [3.8, 4) is 5.75 Å². The predicted octanol–water partition coefficient (Wildman–Crippen LogP) is 2.62. The molecule has 0 bridgehead atoms. The van der Waals surface area contributed by atoms with Gasteiger partial charge in [0.25, 0.3) is 0 Å². The summed E-state index contributed by atoms with van der Waals surface area (Å²) in [5.41, 5.74) is 0.967. The predicted molar refractivity (Wildman–Crippen MR) is 90.8 cm³/mol. The molecule has 0 aliphatic heterocycles. The summed E-state index contributed by atoms with van der Waals surface area (Å²) in [6, 6.07) is 11.8. The Balaban J connectivity index is 2.12. The molecule has 0 aromatic heterocycles. The maximum atomic E-state index is 12.1. The molecule has 0 aliphatic carbocycles. The van der Waals surface area contributed by atoms with E-state index >= 15 is 0 Å². The molecule has 2 aromatic rings. The Morgan fingerprint density at radius 2 is 1.96 bits per heavy atom. The average Bonchev–Trinajstić information content (AvgIpc) is 2.54. The molecule has 2 rings (SSSR count). The Morgan fingerprint density at radius 1 is 1.22 bits per heavy atom. The van der Waals surface area contributed by atoms with E-state index in [-0.39, 0.29) is 10.1 Å². The summed E-state index contributed by atoms with van der Waals surface area (Å²) in [6.45, 7) is 0. The van der Waals surface area contributed by atoms with Crippen LogP contribution in [0.4, 0.5) is 0 Å². The second kappa shape index (κ2) is 8.00. The van der Waals surface area contributed by atoms with E-state index in [4.69, 9.17) is 21.4 Å². The van der Waals surface area contributed by atoms with Crippen LogP contribution in [-0.4, -0.2) is 38.5 Å². The van der Waals surface area contributed by atoms with Crippen molar-refractivity contribution in [1.82, 2.24) is 0 Å². The van der Waals surface area contributed by atoms with Gasteiger partial charge in [-0.05, 0) is 0 Å². The number of ether oxygens (including phenoxy) is 1. The molecule has 0 saturated heterocycles. The van der Waals surface area contributed by atoms with Crippen molar-refractivity contribution >= 4 is 48.3 Å². The molecule has 23 heavy (non-hydrogen) atoms. The Labute approximate surface area is 145 Å². The number of rotatable bonds is 6. The zero-order valence-corrected chi connectivity index (χ0v) is 14.8. The summed E-state index contributed by atoms with van der Waals surface area (Å²) in [4.78, 5) is 23.2. The monoisotopic (exact) mass is 391 g/mol. The van der Waals surface area contributed by atoms with Crippen LogP contribution in [-0.2, 0) is 4.79 Å². The third kappa shape index (κ3) is 4.72. The van der Waals surface area contributed by atoms with E-state index in [1.54, 1.807) is 42.5 Å². The van der Waals surface area contributed by atoms with Gasteiger partial charge in [0.1, 0.15) is 0 Å². The average molecular weight is 392 g/mol. The van der Waals surface area contributed by atoms with Crippen molar-refractivity contribution in [1.29, 1.82) is 0 Å². The van der Waals surface area contributed by atoms with E-state index in [0.717, 1.165) is 5.56 Å². The molecule has 0 saturated carbocycles. The van der Waals surface area contributed by atoms with Crippen molar-refractivity contribution in [3.63, 3.8) is 0 Å². The fourth-order valence-corrected chi connectivity index (χ4v) is 3.81. The van der Waals surface area contributed by atoms with Crippen molar-refractivity contribution in [2.45, 2.75) is 0 Å². The summed E-state index contributed by atoms with van der Waals surface area (Å²) in [5.74, 6) is -0.485. The summed E-state index contributed by atoms with van der Waals surface area (Å²) >= 11 is 5.04. The number of carboxylic acids is 1. The normalized spacial score (nSPS) is 11.2. The summed E-state index contributed by atoms with van der Waals surface area (Å²) in [5, 5.41) is 9.63. The Kier molecular flexibility index (Phi) is 6.03. The van der Waals surface area contributed by atoms with E-state index in [2.05, 4.69) is 0 Å². The van der Waals surface area contributed by atoms with Crippen LogP contribution in [0.5, 0.6) is 5.75 Å². The molecule has 0 spiro atoms. The van der Waals surface area contributed by atoms with Crippen LogP contribution < -0.4 is 9.09 Å². The van der Waals surface area contributed by atoms with Crippen molar-refractivity contribution in [3.05, 3.63) is 64.7 Å². The Hall–Kier alpha value is -2.03. The molecule has 6 heteroatoms. The third-order valence-corrected chi connectivity index (χ3v) is 5.37. The first-order valence-corrected chi connectivity index (χ1v) is 8.86. The molecule has 1 N–H and O–H groups in total. The minimum atomic E-state index is -1.02. The van der Waals surface area contributed by atoms with Crippen LogP contribution in [0.25, 0.3) is 6.08 Å². The van der Waals surface area contributed by atoms with Gasteiger partial charge >= 0.3 is 145 Å². The molecule has 1 radical (unpaired) electrons. The van der Waals surface area contributed by atoms with Crippen LogP contribution in [0.1, 0.15) is 15.9 Å². The minimum absolute atomic E-state index is 0.0936. The number of carboxylic acid groups (broad SMARTS) is 1. The first-order chi connectivity index (χ1) is 11.0. The van der Waals surface area contributed by atoms with E-state index in [0.29, 0.717) is 15.1 Å². The molecule has 0 fully saturated rings.